The minimum absolute atomic E-state index is 0.347. The molecule has 5 rings (SSSR count). The van der Waals surface area contributed by atoms with Crippen molar-refractivity contribution in [3.05, 3.63) is 47.0 Å². The van der Waals surface area contributed by atoms with Gasteiger partial charge in [0.25, 0.3) is 0 Å². The number of aromatic nitrogens is 3. The fraction of sp³-hybridized carbons (Fsp3) is 0.222. The van der Waals surface area contributed by atoms with Crippen LogP contribution in [-0.2, 0) is 4.79 Å². The molecule has 26 heavy (non-hydrogen) atoms. The van der Waals surface area contributed by atoms with Crippen LogP contribution in [0.25, 0.3) is 16.6 Å². The van der Waals surface area contributed by atoms with Crippen molar-refractivity contribution in [1.82, 2.24) is 14.5 Å². The topological polar surface area (TPSA) is 71.0 Å². The van der Waals surface area contributed by atoms with E-state index in [1.807, 2.05) is 27.5 Å². The van der Waals surface area contributed by atoms with Gasteiger partial charge in [-0.1, -0.05) is 23.2 Å². The first-order chi connectivity index (χ1) is 12.5. The molecule has 3 aromatic rings. The normalized spacial score (nSPS) is 21.3. The van der Waals surface area contributed by atoms with E-state index in [1.165, 1.54) is 0 Å². The van der Waals surface area contributed by atoms with E-state index >= 15 is 0 Å². The molecule has 2 atom stereocenters. The lowest BCUT2D eigenvalue weighted by atomic mass is 10.1. The number of benzene rings is 1. The zero-order valence-electron chi connectivity index (χ0n) is 13.4. The lowest BCUT2D eigenvalue weighted by Gasteiger charge is -2.12. The fourth-order valence-corrected chi connectivity index (χ4v) is 4.10. The summed E-state index contributed by atoms with van der Waals surface area (Å²) in [6.07, 6.45) is 6.74. The molecule has 1 N–H and O–H groups in total. The Balaban J connectivity index is 1.81. The van der Waals surface area contributed by atoms with Crippen molar-refractivity contribution in [1.29, 1.82) is 0 Å². The molecular formula is C18H13Cl2N4O2+. The van der Waals surface area contributed by atoms with Crippen LogP contribution >= 0.6 is 23.2 Å². The van der Waals surface area contributed by atoms with Crippen LogP contribution < -0.4 is 0 Å². The summed E-state index contributed by atoms with van der Waals surface area (Å²) in [5.41, 5.74) is 2.50. The molecule has 1 saturated carbocycles. The van der Waals surface area contributed by atoms with Gasteiger partial charge in [-0.2, -0.15) is 0 Å². The zero-order valence-corrected chi connectivity index (χ0v) is 14.9. The minimum atomic E-state index is -0.840. The summed E-state index contributed by atoms with van der Waals surface area (Å²) in [6, 6.07) is 4.89. The highest BCUT2D eigenvalue weighted by molar-refractivity contribution is 6.45. The van der Waals surface area contributed by atoms with Gasteiger partial charge in [0.05, 0.1) is 34.2 Å². The predicted octanol–water partition coefficient (Wildman–Crippen LogP) is 3.69. The molecule has 6 nitrogen and oxygen atoms in total. The van der Waals surface area contributed by atoms with Gasteiger partial charge in [0.2, 0.25) is 5.52 Å². The lowest BCUT2D eigenvalue weighted by molar-refractivity contribution is -0.468. The summed E-state index contributed by atoms with van der Waals surface area (Å²) in [5.74, 6) is 0.0841. The Morgan fingerprint density at radius 3 is 2.92 bits per heavy atom. The molecule has 0 spiro atoms. The van der Waals surface area contributed by atoms with Crippen LogP contribution in [0.3, 0.4) is 0 Å². The number of nitrogens with zero attached hydrogens (tertiary/aromatic N) is 4. The highest BCUT2D eigenvalue weighted by atomic mass is 35.5. The Morgan fingerprint density at radius 2 is 2.19 bits per heavy atom. The molecule has 0 amide bonds. The molecule has 0 radical (unpaired) electrons. The molecule has 0 saturated heterocycles. The van der Waals surface area contributed by atoms with Crippen LogP contribution in [-0.4, -0.2) is 41.9 Å². The first-order valence-electron chi connectivity index (χ1n) is 8.19. The maximum Gasteiger partial charge on any atom is 0.349 e. The highest BCUT2D eigenvalue weighted by Gasteiger charge is 2.52. The van der Waals surface area contributed by atoms with Crippen molar-refractivity contribution in [3.63, 3.8) is 0 Å². The van der Waals surface area contributed by atoms with Crippen molar-refractivity contribution in [2.45, 2.75) is 18.9 Å². The van der Waals surface area contributed by atoms with Crippen molar-refractivity contribution < 1.29 is 14.5 Å². The van der Waals surface area contributed by atoms with Crippen LogP contribution in [0.2, 0.25) is 10.0 Å². The Morgan fingerprint density at radius 1 is 1.35 bits per heavy atom. The summed E-state index contributed by atoms with van der Waals surface area (Å²) < 4.78 is 3.70. The Kier molecular flexibility index (Phi) is 3.36. The van der Waals surface area contributed by atoms with Gasteiger partial charge in [0.1, 0.15) is 5.02 Å². The Hall–Kier alpha value is -2.44. The number of pyridine rings is 1. The summed E-state index contributed by atoms with van der Waals surface area (Å²) in [6.45, 7) is 0. The molecule has 1 aromatic carbocycles. The van der Waals surface area contributed by atoms with E-state index < -0.39 is 12.0 Å². The predicted molar refractivity (Wildman–Crippen MR) is 98.0 cm³/mol. The third-order valence-corrected chi connectivity index (χ3v) is 5.84. The summed E-state index contributed by atoms with van der Waals surface area (Å²) in [5, 5.41) is 11.2. The third-order valence-electron chi connectivity index (χ3n) is 5.05. The quantitative estimate of drug-likeness (QED) is 0.695. The SMILES string of the molecule is O=C(O)[C@@H]1C[C@H]2CC2=[N+]1c1cc(-n2ccnc2)c2ccc(Cl)c(Cl)c2n1. The van der Waals surface area contributed by atoms with Crippen molar-refractivity contribution in [2.24, 2.45) is 5.92 Å². The molecule has 8 heteroatoms. The van der Waals surface area contributed by atoms with E-state index in [4.69, 9.17) is 23.2 Å². The number of halogens is 2. The zero-order chi connectivity index (χ0) is 18.0. The van der Waals surface area contributed by atoms with Crippen molar-refractivity contribution in [3.8, 4) is 5.69 Å². The summed E-state index contributed by atoms with van der Waals surface area (Å²) in [7, 11) is 0. The third kappa shape index (κ3) is 2.26. The number of fused-ring (bicyclic) bond motifs is 2. The maximum absolute atomic E-state index is 11.7. The first-order valence-corrected chi connectivity index (χ1v) is 8.95. The molecule has 2 aliphatic rings. The van der Waals surface area contributed by atoms with Crippen LogP contribution in [0.1, 0.15) is 12.8 Å². The lowest BCUT2D eigenvalue weighted by Crippen LogP contribution is -2.29. The maximum atomic E-state index is 11.7. The molecule has 1 aliphatic carbocycles. The minimum Gasteiger partial charge on any atom is -0.478 e. The number of carboxylic acid groups (broad SMARTS) is 1. The van der Waals surface area contributed by atoms with Gasteiger partial charge < -0.3 is 9.67 Å². The van der Waals surface area contributed by atoms with E-state index in [0.29, 0.717) is 33.7 Å². The summed E-state index contributed by atoms with van der Waals surface area (Å²) >= 11 is 12.6. The standard InChI is InChI=1S/C18H12Cl2N4O2/c19-11-2-1-10-13(23-4-3-21-8-23)7-15(22-17(10)16(11)20)24-12-5-9(12)6-14(24)18(25)26/h1-4,7-9,14H,5-6H2/p+1/t9-,14+/m1/s1. The molecule has 2 aromatic heterocycles. The molecule has 0 unspecified atom stereocenters. The molecule has 1 fully saturated rings. The molecular weight excluding hydrogens is 375 g/mol. The molecule has 0 bridgehead atoms. The molecule has 1 aliphatic heterocycles. The number of carbonyl (C=O) groups is 1. The van der Waals surface area contributed by atoms with Crippen molar-refractivity contribution in [2.75, 3.05) is 0 Å². The van der Waals surface area contributed by atoms with E-state index in [2.05, 4.69) is 9.97 Å². The second-order valence-electron chi connectivity index (χ2n) is 6.58. The summed E-state index contributed by atoms with van der Waals surface area (Å²) in [4.78, 5) is 20.5. The van der Waals surface area contributed by atoms with Gasteiger partial charge >= 0.3 is 11.8 Å². The smallest absolute Gasteiger partial charge is 0.349 e. The van der Waals surface area contributed by atoms with Gasteiger partial charge in [-0.05, 0) is 17.1 Å². The van der Waals surface area contributed by atoms with Crippen LogP contribution in [0.4, 0.5) is 5.82 Å². The number of aliphatic carboxylic acids is 1. The van der Waals surface area contributed by atoms with Gasteiger partial charge in [0.15, 0.2) is 6.04 Å². The second kappa shape index (κ2) is 5.53. The van der Waals surface area contributed by atoms with E-state index in [1.54, 1.807) is 18.6 Å². The van der Waals surface area contributed by atoms with E-state index in [-0.39, 0.29) is 0 Å². The average Bonchev–Trinajstić information content (AvgIpc) is 3.05. The Bertz CT molecular complexity index is 1110. The molecule has 3 heterocycles. The van der Waals surface area contributed by atoms with Gasteiger partial charge in [-0.15, -0.1) is 0 Å². The monoisotopic (exact) mass is 387 g/mol. The number of carboxylic acids is 1. The second-order valence-corrected chi connectivity index (χ2v) is 7.36. The Labute approximate surface area is 158 Å². The van der Waals surface area contributed by atoms with E-state index in [0.717, 1.165) is 23.2 Å². The van der Waals surface area contributed by atoms with Gasteiger partial charge in [0, 0.05) is 31.2 Å². The number of hydrogen-bond donors (Lipinski definition) is 1. The first kappa shape index (κ1) is 15.8. The highest BCUT2D eigenvalue weighted by Crippen LogP contribution is 2.42. The van der Waals surface area contributed by atoms with Crippen LogP contribution in [0.15, 0.2) is 36.9 Å². The van der Waals surface area contributed by atoms with Crippen molar-refractivity contribution >= 4 is 51.6 Å². The fourth-order valence-electron chi connectivity index (χ4n) is 3.74. The average molecular weight is 388 g/mol. The van der Waals surface area contributed by atoms with Crippen LogP contribution in [0.5, 0.6) is 0 Å². The largest absolute Gasteiger partial charge is 0.478 e. The van der Waals surface area contributed by atoms with E-state index in [9.17, 15) is 9.90 Å². The van der Waals surface area contributed by atoms with Crippen LogP contribution in [0, 0.1) is 5.92 Å². The van der Waals surface area contributed by atoms with Gasteiger partial charge in [-0.3, -0.25) is 0 Å². The number of hydrogen-bond acceptors (Lipinski definition) is 3. The molecule has 130 valence electrons. The van der Waals surface area contributed by atoms with Gasteiger partial charge in [-0.25, -0.2) is 14.4 Å². The number of rotatable bonds is 3. The number of imidazole rings is 1.